The van der Waals surface area contributed by atoms with Crippen molar-refractivity contribution in [3.8, 4) is 0 Å². The molecule has 0 bridgehead atoms. The SMILES string of the molecule is CCCCOC(=O)C(C(C(=O)OCCCC)N(CC)CC)N(CC)CC. The molecule has 2 unspecified atom stereocenters. The molecule has 6 heteroatoms. The van der Waals surface area contributed by atoms with Gasteiger partial charge >= 0.3 is 11.9 Å². The third-order valence-corrected chi connectivity index (χ3v) is 4.68. The van der Waals surface area contributed by atoms with E-state index in [0.29, 0.717) is 39.4 Å². The number of carbonyl (C=O) groups excluding carboxylic acids is 2. The minimum absolute atomic E-state index is 0.327. The van der Waals surface area contributed by atoms with Crippen LogP contribution in [0.5, 0.6) is 0 Å². The maximum atomic E-state index is 12.9. The molecule has 0 aliphatic heterocycles. The number of nitrogens with zero attached hydrogens (tertiary/aromatic N) is 2. The number of rotatable bonds is 15. The van der Waals surface area contributed by atoms with Crippen LogP contribution >= 0.6 is 0 Å². The lowest BCUT2D eigenvalue weighted by molar-refractivity contribution is -0.164. The van der Waals surface area contributed by atoms with Crippen molar-refractivity contribution in [1.82, 2.24) is 9.80 Å². The van der Waals surface area contributed by atoms with Gasteiger partial charge in [-0.3, -0.25) is 19.4 Å². The van der Waals surface area contributed by atoms with Gasteiger partial charge in [0.25, 0.3) is 0 Å². The number of likely N-dealkylation sites (N-methyl/N-ethyl adjacent to an activating group) is 2. The molecule has 0 aliphatic carbocycles. The van der Waals surface area contributed by atoms with E-state index in [1.54, 1.807) is 0 Å². The molecule has 0 heterocycles. The van der Waals surface area contributed by atoms with E-state index in [9.17, 15) is 9.59 Å². The molecule has 0 spiro atoms. The van der Waals surface area contributed by atoms with Crippen molar-refractivity contribution >= 4 is 11.9 Å². The molecule has 0 aliphatic rings. The van der Waals surface area contributed by atoms with E-state index >= 15 is 0 Å². The average molecular weight is 373 g/mol. The van der Waals surface area contributed by atoms with Gasteiger partial charge in [-0.05, 0) is 39.0 Å². The Morgan fingerprint density at radius 3 is 1.19 bits per heavy atom. The highest BCUT2D eigenvalue weighted by atomic mass is 16.5. The van der Waals surface area contributed by atoms with E-state index in [-0.39, 0.29) is 11.9 Å². The first-order valence-electron chi connectivity index (χ1n) is 10.3. The Hall–Kier alpha value is -1.14. The van der Waals surface area contributed by atoms with Crippen LogP contribution in [0.1, 0.15) is 67.2 Å². The molecule has 0 aromatic carbocycles. The van der Waals surface area contributed by atoms with Crippen molar-refractivity contribution in [1.29, 1.82) is 0 Å². The summed E-state index contributed by atoms with van der Waals surface area (Å²) in [7, 11) is 0. The largest absolute Gasteiger partial charge is 0.464 e. The van der Waals surface area contributed by atoms with Gasteiger partial charge in [0, 0.05) is 0 Å². The maximum absolute atomic E-state index is 12.9. The van der Waals surface area contributed by atoms with Crippen LogP contribution in [0, 0.1) is 0 Å². The van der Waals surface area contributed by atoms with Crippen molar-refractivity contribution < 1.29 is 19.1 Å². The third-order valence-electron chi connectivity index (χ3n) is 4.68. The minimum Gasteiger partial charge on any atom is -0.464 e. The second-order valence-corrected chi connectivity index (χ2v) is 6.37. The molecule has 0 fully saturated rings. The summed E-state index contributed by atoms with van der Waals surface area (Å²) in [4.78, 5) is 29.8. The highest BCUT2D eigenvalue weighted by Crippen LogP contribution is 2.16. The Morgan fingerprint density at radius 2 is 0.962 bits per heavy atom. The second kappa shape index (κ2) is 15.0. The summed E-state index contributed by atoms with van der Waals surface area (Å²) >= 11 is 0. The first-order valence-corrected chi connectivity index (χ1v) is 10.3. The normalized spacial score (nSPS) is 13.7. The van der Waals surface area contributed by atoms with E-state index in [0.717, 1.165) is 25.7 Å². The van der Waals surface area contributed by atoms with Gasteiger partial charge in [0.15, 0.2) is 0 Å². The van der Waals surface area contributed by atoms with Gasteiger partial charge < -0.3 is 9.47 Å². The monoisotopic (exact) mass is 372 g/mol. The minimum atomic E-state index is -0.643. The Kier molecular flexibility index (Phi) is 14.3. The van der Waals surface area contributed by atoms with E-state index in [1.807, 2.05) is 37.5 Å². The molecule has 6 nitrogen and oxygen atoms in total. The number of carbonyl (C=O) groups is 2. The maximum Gasteiger partial charge on any atom is 0.325 e. The van der Waals surface area contributed by atoms with Crippen molar-refractivity contribution in [2.24, 2.45) is 0 Å². The Morgan fingerprint density at radius 1 is 0.654 bits per heavy atom. The lowest BCUT2D eigenvalue weighted by Gasteiger charge is -2.38. The highest BCUT2D eigenvalue weighted by molar-refractivity contribution is 5.87. The summed E-state index contributed by atoms with van der Waals surface area (Å²) in [6, 6.07) is -1.29. The van der Waals surface area contributed by atoms with Gasteiger partial charge in [0.1, 0.15) is 12.1 Å². The number of hydrogen-bond acceptors (Lipinski definition) is 6. The molecule has 0 saturated carbocycles. The lowest BCUT2D eigenvalue weighted by Crippen LogP contribution is -2.60. The van der Waals surface area contributed by atoms with Gasteiger partial charge in [0.05, 0.1) is 13.2 Å². The molecule has 0 saturated heterocycles. The van der Waals surface area contributed by atoms with E-state index < -0.39 is 12.1 Å². The molecule has 0 aromatic rings. The average Bonchev–Trinajstić information content (AvgIpc) is 2.64. The van der Waals surface area contributed by atoms with Crippen LogP contribution in [-0.2, 0) is 19.1 Å². The predicted octanol–water partition coefficient (Wildman–Crippen LogP) is 3.09. The van der Waals surface area contributed by atoms with Crippen LogP contribution in [0.25, 0.3) is 0 Å². The molecule has 0 aromatic heterocycles. The van der Waals surface area contributed by atoms with E-state index in [2.05, 4.69) is 13.8 Å². The van der Waals surface area contributed by atoms with Gasteiger partial charge in [0.2, 0.25) is 0 Å². The van der Waals surface area contributed by atoms with Crippen molar-refractivity contribution in [2.45, 2.75) is 79.3 Å². The molecule has 154 valence electrons. The second-order valence-electron chi connectivity index (χ2n) is 6.37. The van der Waals surface area contributed by atoms with Crippen LogP contribution in [0.2, 0.25) is 0 Å². The topological polar surface area (TPSA) is 59.1 Å². The van der Waals surface area contributed by atoms with Gasteiger partial charge in [-0.1, -0.05) is 54.4 Å². The van der Waals surface area contributed by atoms with Crippen LogP contribution in [0.15, 0.2) is 0 Å². The Labute approximate surface area is 160 Å². The summed E-state index contributed by atoms with van der Waals surface area (Å²) in [5.41, 5.74) is 0. The van der Waals surface area contributed by atoms with Crippen LogP contribution in [0.3, 0.4) is 0 Å². The lowest BCUT2D eigenvalue weighted by atomic mass is 10.0. The molecule has 0 rings (SSSR count). The van der Waals surface area contributed by atoms with Crippen molar-refractivity contribution in [3.05, 3.63) is 0 Å². The number of hydrogen-bond donors (Lipinski definition) is 0. The van der Waals surface area contributed by atoms with Gasteiger partial charge in [-0.15, -0.1) is 0 Å². The quantitative estimate of drug-likeness (QED) is 0.325. The molecule has 0 N–H and O–H groups in total. The fourth-order valence-electron chi connectivity index (χ4n) is 2.99. The molecule has 26 heavy (non-hydrogen) atoms. The van der Waals surface area contributed by atoms with Crippen LogP contribution < -0.4 is 0 Å². The summed E-state index contributed by atoms with van der Waals surface area (Å²) in [6.07, 6.45) is 3.57. The smallest absolute Gasteiger partial charge is 0.325 e. The number of ether oxygens (including phenoxy) is 2. The van der Waals surface area contributed by atoms with Crippen LogP contribution in [-0.4, -0.2) is 73.2 Å². The Bertz CT molecular complexity index is 346. The third kappa shape index (κ3) is 8.04. The molecular formula is C20H40N2O4. The summed E-state index contributed by atoms with van der Waals surface area (Å²) in [5.74, 6) is -0.655. The number of esters is 2. The van der Waals surface area contributed by atoms with Crippen molar-refractivity contribution in [2.75, 3.05) is 39.4 Å². The molecule has 2 atom stereocenters. The summed E-state index contributed by atoms with van der Waals surface area (Å²) in [5, 5.41) is 0. The van der Waals surface area contributed by atoms with E-state index in [1.165, 1.54) is 0 Å². The van der Waals surface area contributed by atoms with E-state index in [4.69, 9.17) is 9.47 Å². The number of unbranched alkanes of at least 4 members (excludes halogenated alkanes) is 2. The zero-order chi connectivity index (χ0) is 19.9. The zero-order valence-corrected chi connectivity index (χ0v) is 17.8. The molecule has 0 amide bonds. The van der Waals surface area contributed by atoms with Crippen molar-refractivity contribution in [3.63, 3.8) is 0 Å². The predicted molar refractivity (Wildman–Crippen MR) is 105 cm³/mol. The summed E-state index contributed by atoms with van der Waals surface area (Å²) in [6.45, 7) is 15.6. The van der Waals surface area contributed by atoms with Gasteiger partial charge in [-0.2, -0.15) is 0 Å². The highest BCUT2D eigenvalue weighted by Gasteiger charge is 2.42. The Balaban J connectivity index is 5.59. The first-order chi connectivity index (χ1) is 12.5. The first kappa shape index (κ1) is 24.9. The molecule has 0 radical (unpaired) electrons. The summed E-state index contributed by atoms with van der Waals surface area (Å²) < 4.78 is 11.0. The fraction of sp³-hybridized carbons (Fsp3) is 0.900. The molecular weight excluding hydrogens is 332 g/mol. The standard InChI is InChI=1S/C20H40N2O4/c1-7-13-15-25-19(23)17(21(9-3)10-4)18(22(11-5)12-6)20(24)26-16-14-8-2/h17-18H,7-16H2,1-6H3. The zero-order valence-electron chi connectivity index (χ0n) is 17.8. The van der Waals surface area contributed by atoms with Gasteiger partial charge in [-0.25, -0.2) is 0 Å². The fourth-order valence-corrected chi connectivity index (χ4v) is 2.99. The van der Waals surface area contributed by atoms with Crippen LogP contribution in [0.4, 0.5) is 0 Å².